The van der Waals surface area contributed by atoms with Crippen molar-refractivity contribution >= 4 is 35.6 Å². The van der Waals surface area contributed by atoms with Crippen molar-refractivity contribution in [2.24, 2.45) is 11.1 Å². The average molecular weight is 593 g/mol. The van der Waals surface area contributed by atoms with Gasteiger partial charge >= 0.3 is 6.09 Å². The van der Waals surface area contributed by atoms with E-state index >= 15 is 0 Å². The molecule has 2 aromatic rings. The van der Waals surface area contributed by atoms with Crippen LogP contribution in [-0.2, 0) is 14.3 Å². The van der Waals surface area contributed by atoms with Gasteiger partial charge in [-0.3, -0.25) is 19.2 Å². The zero-order valence-corrected chi connectivity index (χ0v) is 25.4. The topological polar surface area (TPSA) is 120 Å². The number of carbonyl (C=O) groups is 3. The van der Waals surface area contributed by atoms with Crippen molar-refractivity contribution in [1.82, 2.24) is 14.9 Å². The van der Waals surface area contributed by atoms with Gasteiger partial charge in [-0.05, 0) is 69.5 Å². The van der Waals surface area contributed by atoms with E-state index < -0.39 is 23.8 Å². The standard InChI is InChI=1S/C19H31N3O4S.C13H9NO/c1-6-12(2)15(17(24)21-27-13-9-10-13)20-16(23)14-8-7-11-22(14)18(25)26-19(3,4)5;15-14-13-11-7-3-1-5-9(11)10-6-2-4-8-12(10)13/h6,12-15H,1,7-11H2,2-5H3,(H,20,23)(H,21,24);1-8,15H. The second kappa shape index (κ2) is 13.5. The lowest BCUT2D eigenvalue weighted by atomic mass is 10.0. The van der Waals surface area contributed by atoms with Gasteiger partial charge in [0.25, 0.3) is 5.91 Å². The second-order valence-electron chi connectivity index (χ2n) is 11.7. The van der Waals surface area contributed by atoms with Crippen molar-refractivity contribution in [1.29, 1.82) is 0 Å². The molecule has 3 unspecified atom stereocenters. The van der Waals surface area contributed by atoms with Crippen LogP contribution in [0.4, 0.5) is 4.79 Å². The summed E-state index contributed by atoms with van der Waals surface area (Å²) in [6.07, 6.45) is 4.63. The fourth-order valence-electron chi connectivity index (χ4n) is 4.89. The molecule has 3 atom stereocenters. The van der Waals surface area contributed by atoms with Crippen molar-refractivity contribution in [3.8, 4) is 11.1 Å². The monoisotopic (exact) mass is 592 g/mol. The highest BCUT2D eigenvalue weighted by Crippen LogP contribution is 2.36. The Morgan fingerprint density at radius 2 is 1.62 bits per heavy atom. The Morgan fingerprint density at radius 1 is 1.05 bits per heavy atom. The van der Waals surface area contributed by atoms with Gasteiger partial charge in [0.1, 0.15) is 23.4 Å². The number of fused-ring (bicyclic) bond motifs is 3. The van der Waals surface area contributed by atoms with Crippen molar-refractivity contribution in [2.75, 3.05) is 6.54 Å². The minimum Gasteiger partial charge on any atom is -0.444 e. The van der Waals surface area contributed by atoms with Crippen LogP contribution in [0.1, 0.15) is 64.5 Å². The predicted molar refractivity (Wildman–Crippen MR) is 165 cm³/mol. The van der Waals surface area contributed by atoms with Gasteiger partial charge in [0, 0.05) is 28.8 Å². The van der Waals surface area contributed by atoms with E-state index in [1.54, 1.807) is 26.8 Å². The largest absolute Gasteiger partial charge is 0.444 e. The molecule has 0 aromatic heterocycles. The minimum atomic E-state index is -0.720. The maximum atomic E-state index is 12.8. The van der Waals surface area contributed by atoms with Gasteiger partial charge in [-0.25, -0.2) is 4.79 Å². The Kier molecular flexibility index (Phi) is 9.98. The SMILES string of the molecule is C=CC(C)C(NC(=O)C1CCCN1C(=O)OC(C)(C)C)C(=O)NSC1CC1.ON=C1c2ccccc2-c2ccccc21. The third-order valence-electron chi connectivity index (χ3n) is 7.27. The highest BCUT2D eigenvalue weighted by atomic mass is 32.2. The first-order valence-electron chi connectivity index (χ1n) is 14.3. The number of benzene rings is 2. The molecule has 3 amide bonds. The number of rotatable bonds is 7. The molecule has 224 valence electrons. The average Bonchev–Trinajstić information content (AvgIpc) is 3.55. The van der Waals surface area contributed by atoms with Gasteiger partial charge in [-0.1, -0.05) is 66.7 Å². The van der Waals surface area contributed by atoms with Crippen molar-refractivity contribution in [3.63, 3.8) is 0 Å². The summed E-state index contributed by atoms with van der Waals surface area (Å²) in [5.74, 6) is -0.803. The van der Waals surface area contributed by atoms with E-state index in [0.717, 1.165) is 41.5 Å². The van der Waals surface area contributed by atoms with Gasteiger partial charge in [-0.15, -0.1) is 6.58 Å². The lowest BCUT2D eigenvalue weighted by molar-refractivity contribution is -0.131. The molecule has 1 saturated heterocycles. The summed E-state index contributed by atoms with van der Waals surface area (Å²) >= 11 is 1.41. The number of amides is 3. The fraction of sp³-hybridized carbons (Fsp3) is 0.438. The molecule has 2 aliphatic carbocycles. The molecule has 42 heavy (non-hydrogen) atoms. The van der Waals surface area contributed by atoms with Gasteiger partial charge in [-0.2, -0.15) is 0 Å². The number of ether oxygens (including phenoxy) is 1. The van der Waals surface area contributed by atoms with E-state index in [2.05, 4.69) is 21.8 Å². The Balaban J connectivity index is 0.000000225. The van der Waals surface area contributed by atoms with Crippen LogP contribution >= 0.6 is 11.9 Å². The summed E-state index contributed by atoms with van der Waals surface area (Å²) < 4.78 is 8.23. The quantitative estimate of drug-likeness (QED) is 0.144. The Morgan fingerprint density at radius 3 is 2.12 bits per heavy atom. The third kappa shape index (κ3) is 7.53. The molecule has 0 radical (unpaired) electrons. The number of likely N-dealkylation sites (tertiary alicyclic amines) is 1. The Labute approximate surface area is 251 Å². The molecular formula is C32H40N4O5S. The Bertz CT molecular complexity index is 1300. The zero-order chi connectivity index (χ0) is 30.4. The lowest BCUT2D eigenvalue weighted by Crippen LogP contribution is -2.54. The summed E-state index contributed by atoms with van der Waals surface area (Å²) in [6, 6.07) is 14.6. The summed E-state index contributed by atoms with van der Waals surface area (Å²) in [6.45, 7) is 11.4. The van der Waals surface area contributed by atoms with Crippen molar-refractivity contribution in [2.45, 2.75) is 76.3 Å². The summed E-state index contributed by atoms with van der Waals surface area (Å²) in [5, 5.41) is 15.7. The van der Waals surface area contributed by atoms with E-state index in [-0.39, 0.29) is 17.7 Å². The molecule has 2 aromatic carbocycles. The van der Waals surface area contributed by atoms with Crippen LogP contribution in [0.15, 0.2) is 66.3 Å². The number of nitrogens with one attached hydrogen (secondary N) is 2. The first-order chi connectivity index (χ1) is 20.0. The third-order valence-corrected chi connectivity index (χ3v) is 8.39. The van der Waals surface area contributed by atoms with E-state index in [9.17, 15) is 14.4 Å². The van der Waals surface area contributed by atoms with Crippen LogP contribution in [0.3, 0.4) is 0 Å². The molecule has 0 bridgehead atoms. The predicted octanol–water partition coefficient (Wildman–Crippen LogP) is 5.51. The van der Waals surface area contributed by atoms with Crippen LogP contribution in [0.2, 0.25) is 0 Å². The molecule has 10 heteroatoms. The molecule has 3 aliphatic rings. The lowest BCUT2D eigenvalue weighted by Gasteiger charge is -2.29. The van der Waals surface area contributed by atoms with Crippen LogP contribution in [0, 0.1) is 5.92 Å². The van der Waals surface area contributed by atoms with Crippen LogP contribution < -0.4 is 10.0 Å². The number of hydrogen-bond donors (Lipinski definition) is 3. The zero-order valence-electron chi connectivity index (χ0n) is 24.6. The van der Waals surface area contributed by atoms with E-state index in [1.165, 1.54) is 16.8 Å². The molecule has 0 spiro atoms. The molecule has 1 saturated carbocycles. The van der Waals surface area contributed by atoms with Crippen LogP contribution in [0.25, 0.3) is 11.1 Å². The van der Waals surface area contributed by atoms with Crippen molar-refractivity contribution < 1.29 is 24.3 Å². The Hall–Kier alpha value is -3.79. The van der Waals surface area contributed by atoms with Gasteiger partial charge in [0.15, 0.2) is 0 Å². The van der Waals surface area contributed by atoms with E-state index in [0.29, 0.717) is 23.9 Å². The fourth-order valence-corrected chi connectivity index (χ4v) is 5.67. The van der Waals surface area contributed by atoms with E-state index in [4.69, 9.17) is 9.94 Å². The maximum absolute atomic E-state index is 12.8. The number of oxime groups is 1. The first kappa shape index (κ1) is 31.2. The molecule has 5 rings (SSSR count). The molecule has 1 heterocycles. The summed E-state index contributed by atoms with van der Waals surface area (Å²) in [4.78, 5) is 39.2. The normalized spacial score (nSPS) is 18.4. The molecule has 9 nitrogen and oxygen atoms in total. The highest BCUT2D eigenvalue weighted by molar-refractivity contribution is 7.98. The summed E-state index contributed by atoms with van der Waals surface area (Å²) in [7, 11) is 0. The number of carbonyl (C=O) groups excluding carboxylic acids is 3. The highest BCUT2D eigenvalue weighted by Gasteiger charge is 2.39. The second-order valence-corrected chi connectivity index (χ2v) is 12.8. The molecule has 2 fully saturated rings. The van der Waals surface area contributed by atoms with Gasteiger partial charge in [0.05, 0.1) is 0 Å². The van der Waals surface area contributed by atoms with Crippen LogP contribution in [-0.4, -0.2) is 63.2 Å². The first-order valence-corrected chi connectivity index (χ1v) is 15.2. The molecule has 3 N–H and O–H groups in total. The smallest absolute Gasteiger partial charge is 0.410 e. The summed E-state index contributed by atoms with van der Waals surface area (Å²) in [5.41, 5.74) is 4.32. The molecule has 1 aliphatic heterocycles. The number of hydrogen-bond acceptors (Lipinski definition) is 7. The maximum Gasteiger partial charge on any atom is 0.410 e. The van der Waals surface area contributed by atoms with E-state index in [1.807, 2.05) is 55.5 Å². The van der Waals surface area contributed by atoms with Gasteiger partial charge in [0.2, 0.25) is 5.91 Å². The number of nitrogens with zero attached hydrogens (tertiary/aromatic N) is 2. The minimum absolute atomic E-state index is 0.231. The van der Waals surface area contributed by atoms with Gasteiger partial charge < -0.3 is 15.3 Å². The molecular weight excluding hydrogens is 552 g/mol. The van der Waals surface area contributed by atoms with Crippen molar-refractivity contribution in [3.05, 3.63) is 72.3 Å². The van der Waals surface area contributed by atoms with Crippen LogP contribution in [0.5, 0.6) is 0 Å².